The van der Waals surface area contributed by atoms with E-state index in [2.05, 4.69) is 194 Å². The molecule has 248 valence electrons. The summed E-state index contributed by atoms with van der Waals surface area (Å²) in [6.45, 7) is 0. The number of hydrogen-bond donors (Lipinski definition) is 0. The van der Waals surface area contributed by atoms with Gasteiger partial charge in [-0.3, -0.25) is 0 Å². The molecule has 0 saturated carbocycles. The standard InChI is InChI=1S/C52H34O/c1-3-11-33(12-4-1)39-28-40(36-20-23-43-38(27-36)22-25-45-42-16-8-7-15-35(42)19-24-46(43)45)30-41(29-39)37-21-26-48-50(31-37)53-51-32-49(34-13-5-2-6-14-34)44-17-9-10-18-47(44)52(48)51/h1-32,44,47H. The summed E-state index contributed by atoms with van der Waals surface area (Å²) in [5.41, 5.74) is 11.9. The van der Waals surface area contributed by atoms with Gasteiger partial charge in [0.2, 0.25) is 0 Å². The number of benzene rings is 8. The molecule has 0 spiro atoms. The predicted molar refractivity (Wildman–Crippen MR) is 224 cm³/mol. The third-order valence-electron chi connectivity index (χ3n) is 11.4. The average Bonchev–Trinajstić information content (AvgIpc) is 3.61. The van der Waals surface area contributed by atoms with Crippen LogP contribution in [0.25, 0.3) is 88.3 Å². The molecule has 2 aliphatic carbocycles. The quantitative estimate of drug-likeness (QED) is 0.169. The molecule has 2 aliphatic rings. The van der Waals surface area contributed by atoms with Crippen molar-refractivity contribution in [3.63, 3.8) is 0 Å². The maximum Gasteiger partial charge on any atom is 0.135 e. The Morgan fingerprint density at radius 2 is 0.925 bits per heavy atom. The van der Waals surface area contributed by atoms with Crippen LogP contribution in [0, 0.1) is 5.92 Å². The third-order valence-corrected chi connectivity index (χ3v) is 11.4. The molecule has 0 amide bonds. The molecular weight excluding hydrogens is 641 g/mol. The van der Waals surface area contributed by atoms with Crippen molar-refractivity contribution >= 4 is 54.9 Å². The van der Waals surface area contributed by atoms with Crippen LogP contribution in [0.1, 0.15) is 22.8 Å². The highest BCUT2D eigenvalue weighted by molar-refractivity contribution is 6.17. The van der Waals surface area contributed by atoms with Gasteiger partial charge in [-0.25, -0.2) is 0 Å². The van der Waals surface area contributed by atoms with Gasteiger partial charge in [0.15, 0.2) is 0 Å². The third kappa shape index (κ3) is 4.93. The fraction of sp³-hybridized carbons (Fsp3) is 0.0385. The second kappa shape index (κ2) is 11.9. The van der Waals surface area contributed by atoms with Crippen molar-refractivity contribution in [1.82, 2.24) is 0 Å². The molecule has 0 fully saturated rings. The predicted octanol–water partition coefficient (Wildman–Crippen LogP) is 14.3. The molecule has 53 heavy (non-hydrogen) atoms. The Labute approximate surface area is 308 Å². The summed E-state index contributed by atoms with van der Waals surface area (Å²) in [5, 5.41) is 8.87. The lowest BCUT2D eigenvalue weighted by Gasteiger charge is -2.30. The van der Waals surface area contributed by atoms with Crippen LogP contribution >= 0.6 is 0 Å². The van der Waals surface area contributed by atoms with Gasteiger partial charge in [-0.05, 0) is 113 Å². The van der Waals surface area contributed by atoms with E-state index < -0.39 is 0 Å². The van der Waals surface area contributed by atoms with Crippen molar-refractivity contribution < 1.29 is 4.42 Å². The highest BCUT2D eigenvalue weighted by Gasteiger charge is 2.34. The normalized spacial score (nSPS) is 16.3. The Hall–Kier alpha value is -6.70. The zero-order valence-corrected chi connectivity index (χ0v) is 29.0. The first kappa shape index (κ1) is 30.0. The van der Waals surface area contributed by atoms with Crippen molar-refractivity contribution in [3.05, 3.63) is 205 Å². The van der Waals surface area contributed by atoms with E-state index in [1.807, 2.05) is 0 Å². The van der Waals surface area contributed by atoms with Gasteiger partial charge in [0.1, 0.15) is 11.3 Å². The van der Waals surface area contributed by atoms with E-state index in [9.17, 15) is 0 Å². The highest BCUT2D eigenvalue weighted by Crippen LogP contribution is 2.49. The van der Waals surface area contributed by atoms with Gasteiger partial charge in [-0.1, -0.05) is 158 Å². The van der Waals surface area contributed by atoms with Crippen LogP contribution in [0.3, 0.4) is 0 Å². The molecule has 11 rings (SSSR count). The molecule has 8 aromatic carbocycles. The van der Waals surface area contributed by atoms with Crippen molar-refractivity contribution in [3.8, 4) is 33.4 Å². The minimum absolute atomic E-state index is 0.235. The summed E-state index contributed by atoms with van der Waals surface area (Å²) >= 11 is 0. The molecule has 0 radical (unpaired) electrons. The van der Waals surface area contributed by atoms with Gasteiger partial charge < -0.3 is 4.42 Å². The minimum atomic E-state index is 0.235. The van der Waals surface area contributed by atoms with E-state index in [-0.39, 0.29) is 11.8 Å². The lowest BCUT2D eigenvalue weighted by molar-refractivity contribution is 0.582. The molecule has 0 saturated heterocycles. The van der Waals surface area contributed by atoms with Gasteiger partial charge >= 0.3 is 0 Å². The minimum Gasteiger partial charge on any atom is -0.456 e. The molecule has 9 aromatic rings. The summed E-state index contributed by atoms with van der Waals surface area (Å²) in [5.74, 6) is 1.48. The van der Waals surface area contributed by atoms with Gasteiger partial charge in [0, 0.05) is 22.8 Å². The van der Waals surface area contributed by atoms with Crippen molar-refractivity contribution in [2.24, 2.45) is 5.92 Å². The second-order valence-corrected chi connectivity index (χ2v) is 14.4. The first-order valence-corrected chi connectivity index (χ1v) is 18.5. The maximum atomic E-state index is 6.76. The molecule has 0 N–H and O–H groups in total. The largest absolute Gasteiger partial charge is 0.456 e. The molecule has 1 heterocycles. The fourth-order valence-electron chi connectivity index (χ4n) is 8.86. The van der Waals surface area contributed by atoms with E-state index in [1.54, 1.807) is 0 Å². The van der Waals surface area contributed by atoms with Crippen LogP contribution in [-0.4, -0.2) is 0 Å². The lowest BCUT2D eigenvalue weighted by Crippen LogP contribution is -2.16. The first-order valence-electron chi connectivity index (χ1n) is 18.5. The van der Waals surface area contributed by atoms with E-state index in [1.165, 1.54) is 82.2 Å². The van der Waals surface area contributed by atoms with Gasteiger partial charge in [0.05, 0.1) is 0 Å². The summed E-state index contributed by atoms with van der Waals surface area (Å²) in [7, 11) is 0. The molecule has 0 bridgehead atoms. The monoisotopic (exact) mass is 674 g/mol. The van der Waals surface area contributed by atoms with E-state index in [0.29, 0.717) is 0 Å². The summed E-state index contributed by atoms with van der Waals surface area (Å²) in [6.07, 6.45) is 11.3. The van der Waals surface area contributed by atoms with Crippen molar-refractivity contribution in [1.29, 1.82) is 0 Å². The average molecular weight is 675 g/mol. The number of fused-ring (bicyclic) bond motifs is 10. The van der Waals surface area contributed by atoms with E-state index in [0.717, 1.165) is 16.9 Å². The summed E-state index contributed by atoms with van der Waals surface area (Å²) in [4.78, 5) is 0. The van der Waals surface area contributed by atoms with Crippen LogP contribution in [0.4, 0.5) is 0 Å². The Bertz CT molecular complexity index is 2990. The van der Waals surface area contributed by atoms with Crippen LogP contribution in [-0.2, 0) is 0 Å². The molecule has 1 aromatic heterocycles. The zero-order chi connectivity index (χ0) is 34.9. The van der Waals surface area contributed by atoms with Crippen LogP contribution in [0.15, 0.2) is 193 Å². The van der Waals surface area contributed by atoms with Crippen LogP contribution < -0.4 is 0 Å². The molecule has 1 nitrogen and oxygen atoms in total. The molecular formula is C52H34O. The Kier molecular flexibility index (Phi) is 6.75. The van der Waals surface area contributed by atoms with Gasteiger partial charge in [0.25, 0.3) is 0 Å². The van der Waals surface area contributed by atoms with Crippen molar-refractivity contribution in [2.45, 2.75) is 5.92 Å². The smallest absolute Gasteiger partial charge is 0.135 e. The van der Waals surface area contributed by atoms with E-state index >= 15 is 0 Å². The zero-order valence-electron chi connectivity index (χ0n) is 29.0. The van der Waals surface area contributed by atoms with E-state index in [4.69, 9.17) is 4.42 Å². The fourth-order valence-corrected chi connectivity index (χ4v) is 8.86. The number of furan rings is 1. The molecule has 1 heteroatoms. The number of allylic oxidation sites excluding steroid dienone is 5. The Morgan fingerprint density at radius 1 is 0.358 bits per heavy atom. The summed E-state index contributed by atoms with van der Waals surface area (Å²) < 4.78 is 6.76. The number of rotatable bonds is 4. The van der Waals surface area contributed by atoms with Gasteiger partial charge in [-0.15, -0.1) is 0 Å². The van der Waals surface area contributed by atoms with Crippen LogP contribution in [0.5, 0.6) is 0 Å². The maximum absolute atomic E-state index is 6.76. The SMILES string of the molecule is C1=CC2C(c3ccccc3)=Cc3oc4cc(-c5cc(-c6ccccc6)cc(-c6ccc7c(ccc8c9ccccc9ccc78)c6)c5)ccc4c3C2C=C1. The molecule has 0 aliphatic heterocycles. The Balaban J connectivity index is 1.05. The molecule has 2 atom stereocenters. The summed E-state index contributed by atoms with van der Waals surface area (Å²) in [6, 6.07) is 59.9. The first-order chi connectivity index (χ1) is 26.2. The molecule has 2 unspecified atom stereocenters. The van der Waals surface area contributed by atoms with Gasteiger partial charge in [-0.2, -0.15) is 0 Å². The topological polar surface area (TPSA) is 13.1 Å². The lowest BCUT2D eigenvalue weighted by atomic mass is 9.72. The highest BCUT2D eigenvalue weighted by atomic mass is 16.3. The second-order valence-electron chi connectivity index (χ2n) is 14.4. The Morgan fingerprint density at radius 3 is 1.68 bits per heavy atom. The van der Waals surface area contributed by atoms with Crippen LogP contribution in [0.2, 0.25) is 0 Å². The van der Waals surface area contributed by atoms with Crippen molar-refractivity contribution in [2.75, 3.05) is 0 Å². The number of hydrogen-bond acceptors (Lipinski definition) is 1.